The summed E-state index contributed by atoms with van der Waals surface area (Å²) >= 11 is 0.830. The number of rotatable bonds is 6. The average molecular weight is 454 g/mol. The largest absolute Gasteiger partial charge is 0.477 e. The maximum absolute atomic E-state index is 12.6. The third-order valence-electron chi connectivity index (χ3n) is 6.28. The van der Waals surface area contributed by atoms with Gasteiger partial charge in [0.1, 0.15) is 5.75 Å². The number of hydrogen-bond acceptors (Lipinski definition) is 7. The molecule has 168 valence electrons. The van der Waals surface area contributed by atoms with Crippen LogP contribution in [0.3, 0.4) is 0 Å². The Morgan fingerprint density at radius 3 is 2.47 bits per heavy atom. The van der Waals surface area contributed by atoms with E-state index in [1.54, 1.807) is 31.5 Å². The van der Waals surface area contributed by atoms with Crippen molar-refractivity contribution in [1.82, 2.24) is 10.3 Å². The second-order valence-corrected chi connectivity index (χ2v) is 9.36. The van der Waals surface area contributed by atoms with Crippen LogP contribution in [0, 0.1) is 5.92 Å². The van der Waals surface area contributed by atoms with Gasteiger partial charge in [0.05, 0.1) is 28.4 Å². The van der Waals surface area contributed by atoms with E-state index >= 15 is 0 Å². The molecule has 0 spiro atoms. The molecule has 0 saturated carbocycles. The van der Waals surface area contributed by atoms with E-state index < -0.39 is 16.7 Å². The fourth-order valence-corrected chi connectivity index (χ4v) is 5.41. The van der Waals surface area contributed by atoms with Crippen LogP contribution in [0.5, 0.6) is 5.75 Å². The Morgan fingerprint density at radius 2 is 1.88 bits per heavy atom. The summed E-state index contributed by atoms with van der Waals surface area (Å²) in [6.07, 6.45) is 1.73. The molecule has 2 aromatic rings. The topological polar surface area (TPSA) is 80.8 Å². The number of imide groups is 1. The van der Waals surface area contributed by atoms with Gasteiger partial charge in [0.25, 0.3) is 11.1 Å². The predicted octanol–water partition coefficient (Wildman–Crippen LogP) is 4.10. The molecule has 4 unspecified atom stereocenters. The van der Waals surface area contributed by atoms with Gasteiger partial charge in [-0.2, -0.15) is 0 Å². The molecule has 1 aromatic carbocycles. The van der Waals surface area contributed by atoms with Crippen molar-refractivity contribution in [3.8, 4) is 5.75 Å². The van der Waals surface area contributed by atoms with Crippen molar-refractivity contribution in [2.24, 2.45) is 5.92 Å². The Bertz CT molecular complexity index is 1050. The molecular formula is C24H27N3O4S. The third kappa shape index (κ3) is 3.72. The molecule has 2 amide bonds. The summed E-state index contributed by atoms with van der Waals surface area (Å²) in [6.45, 7) is 9.88. The number of anilines is 1. The highest BCUT2D eigenvalue weighted by Crippen LogP contribution is 2.43. The monoisotopic (exact) mass is 453 g/mol. The molecule has 2 aliphatic heterocycles. The van der Waals surface area contributed by atoms with Crippen LogP contribution in [-0.2, 0) is 15.1 Å². The Balaban J connectivity index is 1.78. The Morgan fingerprint density at radius 1 is 1.16 bits per heavy atom. The van der Waals surface area contributed by atoms with E-state index in [1.807, 2.05) is 31.2 Å². The first-order chi connectivity index (χ1) is 15.3. The molecule has 0 bridgehead atoms. The highest BCUT2D eigenvalue weighted by Gasteiger charge is 2.51. The molecule has 2 saturated heterocycles. The lowest BCUT2D eigenvalue weighted by atomic mass is 9.83. The van der Waals surface area contributed by atoms with Crippen molar-refractivity contribution in [2.45, 2.75) is 44.6 Å². The van der Waals surface area contributed by atoms with Crippen LogP contribution in [0.25, 0.3) is 0 Å². The highest BCUT2D eigenvalue weighted by atomic mass is 32.2. The molecule has 5 atom stereocenters. The molecule has 3 heterocycles. The first-order valence-corrected chi connectivity index (χ1v) is 11.3. The molecule has 4 rings (SSSR count). The number of nitrogens with one attached hydrogen (secondary N) is 1. The van der Waals surface area contributed by atoms with Crippen LogP contribution in [0.1, 0.15) is 26.5 Å². The zero-order valence-corrected chi connectivity index (χ0v) is 19.4. The number of amides is 2. The van der Waals surface area contributed by atoms with Gasteiger partial charge in [-0.15, -0.1) is 0 Å². The smallest absolute Gasteiger partial charge is 0.298 e. The Hall–Kier alpha value is -2.68. The van der Waals surface area contributed by atoms with Gasteiger partial charge in [0.2, 0.25) is 0 Å². The number of carbonyl (C=O) groups is 2. The number of nitrogens with zero attached hydrogens (tertiary/aromatic N) is 2. The van der Waals surface area contributed by atoms with Crippen LogP contribution in [0.2, 0.25) is 0 Å². The second kappa shape index (κ2) is 8.69. The van der Waals surface area contributed by atoms with E-state index in [1.165, 1.54) is 0 Å². The van der Waals surface area contributed by atoms with Crippen molar-refractivity contribution in [3.63, 3.8) is 0 Å². The van der Waals surface area contributed by atoms with Crippen LogP contribution in [0.15, 0.2) is 60.1 Å². The summed E-state index contributed by atoms with van der Waals surface area (Å²) in [5.74, 6) is 0.0933. The van der Waals surface area contributed by atoms with Crippen LogP contribution >= 0.6 is 11.8 Å². The fraction of sp³-hybridized carbons (Fsp3) is 0.375. The number of carbonyl (C=O) groups excluding carboxylic acids is 2. The number of thioether (sulfide) groups is 1. The number of ether oxygens (including phenoxy) is 2. The van der Waals surface area contributed by atoms with Gasteiger partial charge in [0, 0.05) is 25.3 Å². The lowest BCUT2D eigenvalue weighted by Crippen LogP contribution is -2.51. The summed E-state index contributed by atoms with van der Waals surface area (Å²) < 4.78 is 12.4. The molecule has 32 heavy (non-hydrogen) atoms. The normalized spacial score (nSPS) is 27.6. The number of para-hydroxylation sites is 2. The van der Waals surface area contributed by atoms with Gasteiger partial charge in [-0.1, -0.05) is 31.7 Å². The van der Waals surface area contributed by atoms with E-state index in [0.717, 1.165) is 22.4 Å². The minimum absolute atomic E-state index is 0.00310. The van der Waals surface area contributed by atoms with Gasteiger partial charge in [-0.25, -0.2) is 4.90 Å². The highest BCUT2D eigenvalue weighted by molar-refractivity contribution is 8.18. The van der Waals surface area contributed by atoms with Crippen molar-refractivity contribution < 1.29 is 19.1 Å². The summed E-state index contributed by atoms with van der Waals surface area (Å²) in [6, 6.07) is 12.7. The molecule has 2 aliphatic rings. The van der Waals surface area contributed by atoms with Crippen LogP contribution < -0.4 is 15.0 Å². The first-order valence-electron chi connectivity index (χ1n) is 10.5. The number of benzene rings is 1. The van der Waals surface area contributed by atoms with Gasteiger partial charge in [-0.05, 0) is 49.9 Å². The predicted molar refractivity (Wildman–Crippen MR) is 125 cm³/mol. The van der Waals surface area contributed by atoms with E-state index in [9.17, 15) is 9.59 Å². The fourth-order valence-electron chi connectivity index (χ4n) is 4.75. The third-order valence-corrected chi connectivity index (χ3v) is 7.06. The van der Waals surface area contributed by atoms with E-state index in [0.29, 0.717) is 11.4 Å². The van der Waals surface area contributed by atoms with Crippen LogP contribution in [0.4, 0.5) is 10.5 Å². The number of aromatic nitrogens is 1. The molecule has 1 aromatic heterocycles. The second-order valence-electron chi connectivity index (χ2n) is 8.32. The van der Waals surface area contributed by atoms with Crippen LogP contribution in [-0.4, -0.2) is 41.4 Å². The zero-order chi connectivity index (χ0) is 23.0. The van der Waals surface area contributed by atoms with E-state index in [4.69, 9.17) is 9.47 Å². The van der Waals surface area contributed by atoms with Gasteiger partial charge >= 0.3 is 0 Å². The average Bonchev–Trinajstić information content (AvgIpc) is 3.22. The minimum atomic E-state index is -0.908. The lowest BCUT2D eigenvalue weighted by molar-refractivity contribution is -0.113. The zero-order valence-electron chi connectivity index (χ0n) is 18.6. The molecule has 0 aliphatic carbocycles. The van der Waals surface area contributed by atoms with Crippen molar-refractivity contribution in [1.29, 1.82) is 0 Å². The molecular weight excluding hydrogens is 426 g/mol. The standard InChI is InChI=1S/C24H27N3O4S/c1-14-20(30-5)15(2)26-21(14)24(4,19-12-8-9-13-25-19)31-18-11-7-6-10-17(18)27-22(28)16(3)32-23(27)29/h6-15,20-21,26H,3H2,1-2,4-5H3/t14?,15?,20?,21-,24?/m0/s1. The maximum Gasteiger partial charge on any atom is 0.298 e. The Kier molecular flexibility index (Phi) is 6.11. The summed E-state index contributed by atoms with van der Waals surface area (Å²) in [7, 11) is 1.71. The quantitative estimate of drug-likeness (QED) is 0.660. The number of hydrogen-bond donors (Lipinski definition) is 1. The molecule has 8 heteroatoms. The SMILES string of the molecule is C=C1SC(=O)N(c2ccccc2OC(C)(c2ccccn2)[C@H]2NC(C)C(OC)C2C)C1=O. The van der Waals surface area contributed by atoms with Crippen molar-refractivity contribution >= 4 is 28.6 Å². The number of methoxy groups -OCH3 is 1. The molecule has 2 fully saturated rings. The number of pyridine rings is 1. The van der Waals surface area contributed by atoms with Crippen molar-refractivity contribution in [3.05, 3.63) is 65.8 Å². The maximum atomic E-state index is 12.6. The minimum Gasteiger partial charge on any atom is -0.477 e. The summed E-state index contributed by atoms with van der Waals surface area (Å²) in [5, 5.41) is 3.23. The van der Waals surface area contributed by atoms with Gasteiger partial charge < -0.3 is 14.8 Å². The van der Waals surface area contributed by atoms with E-state index in [2.05, 4.69) is 30.7 Å². The molecule has 7 nitrogen and oxygen atoms in total. The van der Waals surface area contributed by atoms with Crippen molar-refractivity contribution in [2.75, 3.05) is 12.0 Å². The molecule has 1 N–H and O–H groups in total. The molecule has 0 radical (unpaired) electrons. The van der Waals surface area contributed by atoms with Gasteiger partial charge in [0.15, 0.2) is 5.60 Å². The Labute approximate surface area is 192 Å². The van der Waals surface area contributed by atoms with Gasteiger partial charge in [-0.3, -0.25) is 14.6 Å². The summed E-state index contributed by atoms with van der Waals surface area (Å²) in [4.78, 5) is 31.1. The summed E-state index contributed by atoms with van der Waals surface area (Å²) in [5.41, 5.74) is 0.215. The lowest BCUT2D eigenvalue weighted by Gasteiger charge is -2.39. The first kappa shape index (κ1) is 22.5. The van der Waals surface area contributed by atoms with E-state index in [-0.39, 0.29) is 29.0 Å².